The number of hydrogen-bond acceptors (Lipinski definition) is 3. The minimum atomic E-state index is -0.285. The predicted molar refractivity (Wildman–Crippen MR) is 83.2 cm³/mol. The highest BCUT2D eigenvalue weighted by molar-refractivity contribution is 5.21. The van der Waals surface area contributed by atoms with Crippen LogP contribution in [0.4, 0.5) is 0 Å². The van der Waals surface area contributed by atoms with Crippen LogP contribution in [0.1, 0.15) is 58.7 Å². The van der Waals surface area contributed by atoms with Crippen molar-refractivity contribution < 1.29 is 5.11 Å². The average molecular weight is 280 g/mol. The summed E-state index contributed by atoms with van der Waals surface area (Å²) < 4.78 is 2.04. The largest absolute Gasteiger partial charge is 0.503 e. The first-order valence-corrected chi connectivity index (χ1v) is 7.69. The van der Waals surface area contributed by atoms with E-state index in [-0.39, 0.29) is 17.2 Å². The van der Waals surface area contributed by atoms with E-state index in [9.17, 15) is 9.90 Å². The Morgan fingerprint density at radius 2 is 1.85 bits per heavy atom. The zero-order valence-electron chi connectivity index (χ0n) is 13.2. The van der Waals surface area contributed by atoms with Crippen LogP contribution in [0.5, 0.6) is 5.75 Å². The minimum absolute atomic E-state index is 0.161. The van der Waals surface area contributed by atoms with Gasteiger partial charge in [0.15, 0.2) is 5.75 Å². The second kappa shape index (κ2) is 8.10. The Morgan fingerprint density at radius 3 is 2.35 bits per heavy atom. The van der Waals surface area contributed by atoms with Crippen molar-refractivity contribution >= 4 is 0 Å². The SMILES string of the molecule is CCCN(CCC)Cc1cc(=O)c(O)cn1C(C)CC. The number of nitrogens with zero attached hydrogens (tertiary/aromatic N) is 2. The lowest BCUT2D eigenvalue weighted by atomic mass is 10.2. The summed E-state index contributed by atoms with van der Waals surface area (Å²) in [4.78, 5) is 14.1. The van der Waals surface area contributed by atoms with E-state index in [0.29, 0.717) is 0 Å². The Hall–Kier alpha value is -1.29. The highest BCUT2D eigenvalue weighted by Crippen LogP contribution is 2.17. The van der Waals surface area contributed by atoms with Gasteiger partial charge < -0.3 is 9.67 Å². The van der Waals surface area contributed by atoms with E-state index in [0.717, 1.165) is 44.6 Å². The number of hydrogen-bond donors (Lipinski definition) is 1. The molecule has 1 atom stereocenters. The number of rotatable bonds is 8. The quantitative estimate of drug-likeness (QED) is 0.795. The van der Waals surface area contributed by atoms with Crippen molar-refractivity contribution in [3.8, 4) is 5.75 Å². The fraction of sp³-hybridized carbons (Fsp3) is 0.688. The van der Waals surface area contributed by atoms with Crippen LogP contribution in [-0.2, 0) is 6.54 Å². The molecular formula is C16H28N2O2. The lowest BCUT2D eigenvalue weighted by molar-refractivity contribution is 0.255. The predicted octanol–water partition coefficient (Wildman–Crippen LogP) is 3.15. The third-order valence-corrected chi connectivity index (χ3v) is 3.67. The van der Waals surface area contributed by atoms with Gasteiger partial charge in [-0.2, -0.15) is 0 Å². The number of aromatic nitrogens is 1. The van der Waals surface area contributed by atoms with Crippen molar-refractivity contribution in [2.75, 3.05) is 13.1 Å². The van der Waals surface area contributed by atoms with Crippen molar-refractivity contribution in [3.63, 3.8) is 0 Å². The molecule has 1 aromatic rings. The smallest absolute Gasteiger partial charge is 0.223 e. The highest BCUT2D eigenvalue weighted by atomic mass is 16.3. The van der Waals surface area contributed by atoms with Gasteiger partial charge in [0.05, 0.1) is 6.20 Å². The van der Waals surface area contributed by atoms with Gasteiger partial charge >= 0.3 is 0 Å². The Balaban J connectivity index is 3.07. The molecule has 0 radical (unpaired) electrons. The molecule has 4 heteroatoms. The van der Waals surface area contributed by atoms with Crippen LogP contribution in [0.2, 0.25) is 0 Å². The standard InChI is InChI=1S/C16H28N2O2/c1-5-8-17(9-6-2)11-14-10-15(19)16(20)12-18(14)13(4)7-3/h10,12-13,20H,5-9,11H2,1-4H3. The van der Waals surface area contributed by atoms with Gasteiger partial charge in [-0.1, -0.05) is 20.8 Å². The van der Waals surface area contributed by atoms with Gasteiger partial charge in [-0.25, -0.2) is 0 Å². The molecule has 0 aliphatic rings. The summed E-state index contributed by atoms with van der Waals surface area (Å²) in [5.41, 5.74) is 0.705. The summed E-state index contributed by atoms with van der Waals surface area (Å²) in [6.07, 6.45) is 4.76. The van der Waals surface area contributed by atoms with Crippen molar-refractivity contribution in [2.24, 2.45) is 0 Å². The molecule has 0 saturated carbocycles. The van der Waals surface area contributed by atoms with E-state index in [2.05, 4.69) is 32.6 Å². The summed E-state index contributed by atoms with van der Waals surface area (Å²) in [5.74, 6) is -0.161. The lowest BCUT2D eigenvalue weighted by Gasteiger charge is -2.25. The Labute approximate surface area is 122 Å². The molecule has 0 bridgehead atoms. The Morgan fingerprint density at radius 1 is 1.25 bits per heavy atom. The van der Waals surface area contributed by atoms with Crippen LogP contribution >= 0.6 is 0 Å². The topological polar surface area (TPSA) is 45.5 Å². The monoisotopic (exact) mass is 280 g/mol. The molecule has 1 heterocycles. The molecule has 1 rings (SSSR count). The average Bonchev–Trinajstić information content (AvgIpc) is 2.42. The summed E-state index contributed by atoms with van der Waals surface area (Å²) in [6.45, 7) is 11.4. The molecule has 0 aliphatic carbocycles. The molecule has 0 aliphatic heterocycles. The third-order valence-electron chi connectivity index (χ3n) is 3.67. The number of aromatic hydroxyl groups is 1. The molecule has 1 unspecified atom stereocenters. The maximum Gasteiger partial charge on any atom is 0.223 e. The van der Waals surface area contributed by atoms with Gasteiger partial charge in [0.1, 0.15) is 0 Å². The summed E-state index contributed by atoms with van der Waals surface area (Å²) >= 11 is 0. The third kappa shape index (κ3) is 4.37. The van der Waals surface area contributed by atoms with Crippen LogP contribution in [0.3, 0.4) is 0 Å². The Bertz CT molecular complexity index is 462. The van der Waals surface area contributed by atoms with Gasteiger partial charge in [0.25, 0.3) is 0 Å². The zero-order chi connectivity index (χ0) is 15.1. The molecular weight excluding hydrogens is 252 g/mol. The van der Waals surface area contributed by atoms with E-state index in [1.165, 1.54) is 0 Å². The summed E-state index contributed by atoms with van der Waals surface area (Å²) in [7, 11) is 0. The maximum atomic E-state index is 11.7. The van der Waals surface area contributed by atoms with Crippen molar-refractivity contribution in [1.82, 2.24) is 9.47 Å². The number of pyridine rings is 1. The van der Waals surface area contributed by atoms with Gasteiger partial charge in [-0.3, -0.25) is 9.69 Å². The van der Waals surface area contributed by atoms with Crippen LogP contribution in [0.15, 0.2) is 17.1 Å². The molecule has 0 amide bonds. The van der Waals surface area contributed by atoms with Crippen LogP contribution in [0, 0.1) is 0 Å². The van der Waals surface area contributed by atoms with Gasteiger partial charge in [0, 0.05) is 24.3 Å². The molecule has 1 N–H and O–H groups in total. The molecule has 0 fully saturated rings. The van der Waals surface area contributed by atoms with E-state index >= 15 is 0 Å². The van der Waals surface area contributed by atoms with E-state index in [1.54, 1.807) is 12.3 Å². The second-order valence-corrected chi connectivity index (χ2v) is 5.45. The minimum Gasteiger partial charge on any atom is -0.503 e. The van der Waals surface area contributed by atoms with E-state index in [4.69, 9.17) is 0 Å². The Kier molecular flexibility index (Phi) is 6.79. The van der Waals surface area contributed by atoms with E-state index in [1.807, 2.05) is 4.57 Å². The van der Waals surface area contributed by atoms with E-state index < -0.39 is 0 Å². The first kappa shape index (κ1) is 16.8. The van der Waals surface area contributed by atoms with Gasteiger partial charge in [-0.05, 0) is 39.3 Å². The van der Waals surface area contributed by atoms with Crippen molar-refractivity contribution in [1.29, 1.82) is 0 Å². The fourth-order valence-electron chi connectivity index (χ4n) is 2.44. The molecule has 0 aromatic carbocycles. The first-order chi connectivity index (χ1) is 9.53. The lowest BCUT2D eigenvalue weighted by Crippen LogP contribution is -2.28. The molecule has 114 valence electrons. The van der Waals surface area contributed by atoms with Crippen LogP contribution < -0.4 is 5.43 Å². The normalized spacial score (nSPS) is 12.8. The maximum absolute atomic E-state index is 11.7. The highest BCUT2D eigenvalue weighted by Gasteiger charge is 2.13. The fourth-order valence-corrected chi connectivity index (χ4v) is 2.44. The molecule has 4 nitrogen and oxygen atoms in total. The summed E-state index contributed by atoms with van der Waals surface area (Å²) in [6, 6.07) is 1.86. The van der Waals surface area contributed by atoms with Crippen molar-refractivity contribution in [3.05, 3.63) is 28.2 Å². The van der Waals surface area contributed by atoms with Gasteiger partial charge in [0.2, 0.25) is 5.43 Å². The molecule has 20 heavy (non-hydrogen) atoms. The van der Waals surface area contributed by atoms with Crippen LogP contribution in [-0.4, -0.2) is 27.7 Å². The second-order valence-electron chi connectivity index (χ2n) is 5.45. The first-order valence-electron chi connectivity index (χ1n) is 7.69. The molecule has 1 aromatic heterocycles. The van der Waals surface area contributed by atoms with Crippen molar-refractivity contribution in [2.45, 2.75) is 59.5 Å². The van der Waals surface area contributed by atoms with Crippen LogP contribution in [0.25, 0.3) is 0 Å². The molecule has 0 saturated heterocycles. The molecule has 0 spiro atoms. The zero-order valence-corrected chi connectivity index (χ0v) is 13.2. The summed E-state index contributed by atoms with van der Waals surface area (Å²) in [5, 5.41) is 9.66. The van der Waals surface area contributed by atoms with Gasteiger partial charge in [-0.15, -0.1) is 0 Å².